The molecule has 0 aromatic heterocycles. The smallest absolute Gasteiger partial charge is 0.163 e. The van der Waals surface area contributed by atoms with E-state index in [1.807, 2.05) is 26.0 Å². The lowest BCUT2D eigenvalue weighted by Crippen LogP contribution is -2.19. The Bertz CT molecular complexity index is 491. The second kappa shape index (κ2) is 5.25. The van der Waals surface area contributed by atoms with Crippen LogP contribution in [0.1, 0.15) is 31.7 Å². The van der Waals surface area contributed by atoms with E-state index in [2.05, 4.69) is 5.32 Å². The van der Waals surface area contributed by atoms with Crippen LogP contribution in [0.15, 0.2) is 30.0 Å². The van der Waals surface area contributed by atoms with Crippen LogP contribution in [0.25, 0.3) is 0 Å². The third-order valence-corrected chi connectivity index (χ3v) is 3.40. The molecule has 96 valence electrons. The Hall–Kier alpha value is -1.77. The number of hydrogen-bond acceptors (Lipinski definition) is 3. The SMILES string of the molecule is Cc1ccc(O)c(NC=C2CCCC(C)C2=O)c1. The fourth-order valence-electron chi connectivity index (χ4n) is 2.24. The topological polar surface area (TPSA) is 49.3 Å². The molecule has 1 aliphatic rings. The lowest BCUT2D eigenvalue weighted by Gasteiger charge is -2.19. The molecule has 0 amide bonds. The Balaban J connectivity index is 2.14. The summed E-state index contributed by atoms with van der Waals surface area (Å²) in [6.45, 7) is 3.94. The fraction of sp³-hybridized carbons (Fsp3) is 0.400. The van der Waals surface area contributed by atoms with Gasteiger partial charge in [0.2, 0.25) is 0 Å². The van der Waals surface area contributed by atoms with Gasteiger partial charge in [-0.3, -0.25) is 4.79 Å². The first kappa shape index (κ1) is 12.7. The van der Waals surface area contributed by atoms with Gasteiger partial charge in [0, 0.05) is 17.7 Å². The van der Waals surface area contributed by atoms with Crippen molar-refractivity contribution in [3.8, 4) is 5.75 Å². The quantitative estimate of drug-likeness (QED) is 0.620. The maximum atomic E-state index is 11.9. The van der Waals surface area contributed by atoms with Gasteiger partial charge in [-0.15, -0.1) is 0 Å². The molecule has 1 unspecified atom stereocenters. The first-order chi connectivity index (χ1) is 8.58. The largest absolute Gasteiger partial charge is 0.506 e. The maximum absolute atomic E-state index is 11.9. The second-order valence-corrected chi connectivity index (χ2v) is 4.99. The molecular weight excluding hydrogens is 226 g/mol. The van der Waals surface area contributed by atoms with Crippen LogP contribution < -0.4 is 5.32 Å². The van der Waals surface area contributed by atoms with E-state index in [4.69, 9.17) is 0 Å². The van der Waals surface area contributed by atoms with E-state index >= 15 is 0 Å². The Morgan fingerprint density at radius 3 is 3.00 bits per heavy atom. The van der Waals surface area contributed by atoms with Crippen molar-refractivity contribution in [2.24, 2.45) is 5.92 Å². The first-order valence-corrected chi connectivity index (χ1v) is 6.37. The maximum Gasteiger partial charge on any atom is 0.163 e. The molecule has 0 heterocycles. The minimum Gasteiger partial charge on any atom is -0.506 e. The van der Waals surface area contributed by atoms with E-state index < -0.39 is 0 Å². The Morgan fingerprint density at radius 2 is 2.22 bits per heavy atom. The molecule has 1 aliphatic carbocycles. The lowest BCUT2D eigenvalue weighted by molar-refractivity contribution is -0.119. The summed E-state index contributed by atoms with van der Waals surface area (Å²) in [5.74, 6) is 0.549. The van der Waals surface area contributed by atoms with E-state index in [0.717, 1.165) is 30.4 Å². The highest BCUT2D eigenvalue weighted by Gasteiger charge is 2.22. The van der Waals surface area contributed by atoms with Crippen molar-refractivity contribution >= 4 is 11.5 Å². The molecule has 0 radical (unpaired) electrons. The standard InChI is InChI=1S/C15H19NO2/c1-10-6-7-14(17)13(8-10)16-9-12-5-3-4-11(2)15(12)18/h6-9,11,16-17H,3-5H2,1-2H3. The minimum absolute atomic E-state index is 0.123. The van der Waals surface area contributed by atoms with Gasteiger partial charge in [-0.1, -0.05) is 13.0 Å². The summed E-state index contributed by atoms with van der Waals surface area (Å²) in [5.41, 5.74) is 2.54. The Morgan fingerprint density at radius 1 is 1.44 bits per heavy atom. The van der Waals surface area contributed by atoms with E-state index in [1.54, 1.807) is 12.3 Å². The average molecular weight is 245 g/mol. The molecule has 1 aromatic carbocycles. The number of hydrogen-bond donors (Lipinski definition) is 2. The summed E-state index contributed by atoms with van der Waals surface area (Å²) in [4.78, 5) is 11.9. The molecule has 0 saturated heterocycles. The number of Topliss-reactive ketones (excluding diaryl/α,β-unsaturated/α-hetero) is 1. The molecule has 1 aromatic rings. The van der Waals surface area contributed by atoms with Gasteiger partial charge in [0.1, 0.15) is 5.75 Å². The number of nitrogens with one attached hydrogen (secondary N) is 1. The van der Waals surface area contributed by atoms with Crippen LogP contribution in [0.4, 0.5) is 5.69 Å². The van der Waals surface area contributed by atoms with Crippen molar-refractivity contribution in [1.82, 2.24) is 0 Å². The Kier molecular flexibility index (Phi) is 3.70. The molecule has 18 heavy (non-hydrogen) atoms. The molecule has 3 nitrogen and oxygen atoms in total. The number of phenols is 1. The number of anilines is 1. The summed E-state index contributed by atoms with van der Waals surface area (Å²) >= 11 is 0. The lowest BCUT2D eigenvalue weighted by atomic mass is 9.86. The van der Waals surface area contributed by atoms with Crippen LogP contribution in [0, 0.1) is 12.8 Å². The summed E-state index contributed by atoms with van der Waals surface area (Å²) in [6, 6.07) is 5.37. The van der Waals surface area contributed by atoms with E-state index in [-0.39, 0.29) is 17.5 Å². The van der Waals surface area contributed by atoms with Gasteiger partial charge in [-0.2, -0.15) is 0 Å². The molecule has 1 saturated carbocycles. The van der Waals surface area contributed by atoms with Crippen molar-refractivity contribution in [1.29, 1.82) is 0 Å². The highest BCUT2D eigenvalue weighted by Crippen LogP contribution is 2.27. The number of phenolic OH excluding ortho intramolecular Hbond substituents is 1. The number of allylic oxidation sites excluding steroid dienone is 1. The number of ketones is 1. The van der Waals surface area contributed by atoms with E-state index in [0.29, 0.717) is 5.69 Å². The van der Waals surface area contributed by atoms with Gasteiger partial charge in [0.15, 0.2) is 5.78 Å². The van der Waals surface area contributed by atoms with Crippen molar-refractivity contribution in [3.63, 3.8) is 0 Å². The van der Waals surface area contributed by atoms with Crippen LogP contribution in [0.2, 0.25) is 0 Å². The van der Waals surface area contributed by atoms with Crippen molar-refractivity contribution in [3.05, 3.63) is 35.5 Å². The molecular formula is C15H19NO2. The number of aryl methyl sites for hydroxylation is 1. The van der Waals surface area contributed by atoms with Crippen molar-refractivity contribution in [2.45, 2.75) is 33.1 Å². The van der Waals surface area contributed by atoms with Crippen LogP contribution in [-0.2, 0) is 4.79 Å². The van der Waals surface area contributed by atoms with Crippen molar-refractivity contribution < 1.29 is 9.90 Å². The number of carbonyl (C=O) groups excluding carboxylic acids is 1. The second-order valence-electron chi connectivity index (χ2n) is 4.99. The van der Waals surface area contributed by atoms with E-state index in [1.165, 1.54) is 0 Å². The average Bonchev–Trinajstić information content (AvgIpc) is 2.35. The van der Waals surface area contributed by atoms with Gasteiger partial charge in [-0.05, 0) is 43.9 Å². The molecule has 3 heteroatoms. The normalized spacial score (nSPS) is 22.2. The zero-order valence-electron chi connectivity index (χ0n) is 10.9. The number of rotatable bonds is 2. The summed E-state index contributed by atoms with van der Waals surface area (Å²) in [7, 11) is 0. The summed E-state index contributed by atoms with van der Waals surface area (Å²) in [6.07, 6.45) is 4.60. The van der Waals surface area contributed by atoms with Crippen molar-refractivity contribution in [2.75, 3.05) is 5.32 Å². The molecule has 0 aliphatic heterocycles. The monoisotopic (exact) mass is 245 g/mol. The Labute approximate surface area is 108 Å². The highest BCUT2D eigenvalue weighted by atomic mass is 16.3. The van der Waals surface area contributed by atoms with Gasteiger partial charge >= 0.3 is 0 Å². The van der Waals surface area contributed by atoms with Gasteiger partial charge in [0.05, 0.1) is 5.69 Å². The summed E-state index contributed by atoms with van der Waals surface area (Å²) < 4.78 is 0. The molecule has 1 fully saturated rings. The number of benzene rings is 1. The van der Waals surface area contributed by atoms with Gasteiger partial charge < -0.3 is 10.4 Å². The zero-order chi connectivity index (χ0) is 13.1. The summed E-state index contributed by atoms with van der Waals surface area (Å²) in [5, 5.41) is 12.7. The van der Waals surface area contributed by atoms with Gasteiger partial charge in [-0.25, -0.2) is 0 Å². The van der Waals surface area contributed by atoms with Crippen LogP contribution in [0.5, 0.6) is 5.75 Å². The fourth-order valence-corrected chi connectivity index (χ4v) is 2.24. The number of carbonyl (C=O) groups is 1. The van der Waals surface area contributed by atoms with Crippen LogP contribution in [0.3, 0.4) is 0 Å². The predicted octanol–water partition coefficient (Wildman–Crippen LogP) is 3.39. The molecule has 2 N–H and O–H groups in total. The van der Waals surface area contributed by atoms with E-state index in [9.17, 15) is 9.90 Å². The molecule has 2 rings (SSSR count). The predicted molar refractivity (Wildman–Crippen MR) is 72.6 cm³/mol. The molecule has 1 atom stereocenters. The first-order valence-electron chi connectivity index (χ1n) is 6.37. The zero-order valence-corrected chi connectivity index (χ0v) is 10.9. The van der Waals surface area contributed by atoms with Crippen LogP contribution in [-0.4, -0.2) is 10.9 Å². The third kappa shape index (κ3) is 2.73. The minimum atomic E-state index is 0.123. The van der Waals surface area contributed by atoms with Crippen LogP contribution >= 0.6 is 0 Å². The number of aromatic hydroxyl groups is 1. The molecule has 0 spiro atoms. The third-order valence-electron chi connectivity index (χ3n) is 3.40. The highest BCUT2D eigenvalue weighted by molar-refractivity contribution is 5.97. The molecule has 0 bridgehead atoms. The van der Waals surface area contributed by atoms with Gasteiger partial charge in [0.25, 0.3) is 0 Å².